The highest BCUT2D eigenvalue weighted by molar-refractivity contribution is 5.46. The first-order valence-electron chi connectivity index (χ1n) is 6.95. The quantitative estimate of drug-likeness (QED) is 0.760. The van der Waals surface area contributed by atoms with Crippen LogP contribution in [0.4, 0.5) is 10.3 Å². The van der Waals surface area contributed by atoms with Crippen LogP contribution in [0.25, 0.3) is 5.69 Å². The molecule has 1 heterocycles. The van der Waals surface area contributed by atoms with E-state index >= 15 is 0 Å². The second kappa shape index (κ2) is 7.64. The Labute approximate surface area is 123 Å². The van der Waals surface area contributed by atoms with Gasteiger partial charge in [-0.25, -0.2) is 9.37 Å². The number of imidazole rings is 1. The van der Waals surface area contributed by atoms with Crippen molar-refractivity contribution >= 4 is 5.95 Å². The summed E-state index contributed by atoms with van der Waals surface area (Å²) in [6.45, 7) is 4.18. The number of nitrogens with one attached hydrogen (secondary N) is 1. The summed E-state index contributed by atoms with van der Waals surface area (Å²) >= 11 is 0. The first-order chi connectivity index (χ1) is 10.3. The molecule has 2 aromatic rings. The van der Waals surface area contributed by atoms with E-state index < -0.39 is 0 Å². The molecule has 21 heavy (non-hydrogen) atoms. The number of hydrogen-bond donors (Lipinski definition) is 1. The van der Waals surface area contributed by atoms with Crippen molar-refractivity contribution < 1.29 is 13.9 Å². The molecule has 0 aliphatic heterocycles. The highest BCUT2D eigenvalue weighted by Gasteiger charge is 2.08. The third-order valence-electron chi connectivity index (χ3n) is 3.01. The smallest absolute Gasteiger partial charge is 0.207 e. The number of halogens is 1. The molecule has 0 aliphatic carbocycles. The van der Waals surface area contributed by atoms with E-state index in [0.717, 1.165) is 25.3 Å². The zero-order valence-corrected chi connectivity index (χ0v) is 12.3. The van der Waals surface area contributed by atoms with Crippen LogP contribution in [0.2, 0.25) is 0 Å². The van der Waals surface area contributed by atoms with Crippen molar-refractivity contribution in [3.8, 4) is 11.4 Å². The summed E-state index contributed by atoms with van der Waals surface area (Å²) in [6.07, 6.45) is 4.41. The summed E-state index contributed by atoms with van der Waals surface area (Å²) in [6, 6.07) is 4.71. The summed E-state index contributed by atoms with van der Waals surface area (Å²) < 4.78 is 25.6. The van der Waals surface area contributed by atoms with Crippen LogP contribution in [0.3, 0.4) is 0 Å². The Balaban J connectivity index is 2.05. The minimum atomic E-state index is -0.382. The molecule has 0 bridgehead atoms. The van der Waals surface area contributed by atoms with Gasteiger partial charge in [-0.2, -0.15) is 0 Å². The van der Waals surface area contributed by atoms with Crippen molar-refractivity contribution in [2.24, 2.45) is 0 Å². The van der Waals surface area contributed by atoms with E-state index in [2.05, 4.69) is 10.3 Å². The minimum Gasteiger partial charge on any atom is -0.494 e. The number of benzene rings is 1. The molecule has 0 fully saturated rings. The molecule has 0 radical (unpaired) electrons. The van der Waals surface area contributed by atoms with Crippen LogP contribution in [-0.2, 0) is 4.74 Å². The summed E-state index contributed by atoms with van der Waals surface area (Å²) in [5, 5.41) is 3.24. The monoisotopic (exact) mass is 293 g/mol. The predicted octanol–water partition coefficient (Wildman–Crippen LogP) is 2.86. The standard InChI is InChI=1S/C15H20FN3O2/c1-3-21-10-4-7-17-15-18-8-9-19(15)12-5-6-13(16)14(11-12)20-2/h5-6,8-9,11H,3-4,7,10H2,1-2H3,(H,17,18). The molecular formula is C15H20FN3O2. The van der Waals surface area contributed by atoms with E-state index in [1.807, 2.05) is 17.7 Å². The van der Waals surface area contributed by atoms with Gasteiger partial charge in [-0.05, 0) is 25.5 Å². The first-order valence-corrected chi connectivity index (χ1v) is 6.95. The molecular weight excluding hydrogens is 273 g/mol. The van der Waals surface area contributed by atoms with Crippen molar-refractivity contribution in [2.75, 3.05) is 32.2 Å². The maximum absolute atomic E-state index is 13.5. The van der Waals surface area contributed by atoms with Gasteiger partial charge in [0.25, 0.3) is 0 Å². The molecule has 0 saturated heterocycles. The average molecular weight is 293 g/mol. The molecule has 5 nitrogen and oxygen atoms in total. The predicted molar refractivity (Wildman–Crippen MR) is 79.7 cm³/mol. The van der Waals surface area contributed by atoms with Gasteiger partial charge in [0.15, 0.2) is 11.6 Å². The highest BCUT2D eigenvalue weighted by atomic mass is 19.1. The fourth-order valence-electron chi connectivity index (χ4n) is 1.96. The Morgan fingerprint density at radius 2 is 2.24 bits per heavy atom. The molecule has 6 heteroatoms. The Hall–Kier alpha value is -2.08. The third-order valence-corrected chi connectivity index (χ3v) is 3.01. The van der Waals surface area contributed by atoms with Gasteiger partial charge in [-0.15, -0.1) is 0 Å². The van der Waals surface area contributed by atoms with Gasteiger partial charge in [-0.3, -0.25) is 4.57 Å². The second-order valence-corrected chi connectivity index (χ2v) is 4.42. The SMILES string of the molecule is CCOCCCNc1nccn1-c1ccc(F)c(OC)c1. The van der Waals surface area contributed by atoms with E-state index in [9.17, 15) is 4.39 Å². The van der Waals surface area contributed by atoms with E-state index in [-0.39, 0.29) is 11.6 Å². The highest BCUT2D eigenvalue weighted by Crippen LogP contribution is 2.22. The van der Waals surface area contributed by atoms with Crippen LogP contribution in [0, 0.1) is 5.82 Å². The van der Waals surface area contributed by atoms with Gasteiger partial charge in [0.1, 0.15) is 0 Å². The molecule has 0 amide bonds. The normalized spacial score (nSPS) is 10.6. The fourth-order valence-corrected chi connectivity index (χ4v) is 1.96. The molecule has 0 saturated carbocycles. The number of aromatic nitrogens is 2. The summed E-state index contributed by atoms with van der Waals surface area (Å²) in [5.74, 6) is 0.538. The first kappa shape index (κ1) is 15.3. The van der Waals surface area contributed by atoms with Crippen molar-refractivity contribution in [1.82, 2.24) is 9.55 Å². The summed E-state index contributed by atoms with van der Waals surface area (Å²) in [4.78, 5) is 4.26. The lowest BCUT2D eigenvalue weighted by molar-refractivity contribution is 0.147. The summed E-state index contributed by atoms with van der Waals surface area (Å²) in [7, 11) is 1.45. The van der Waals surface area contributed by atoms with Crippen molar-refractivity contribution in [3.05, 3.63) is 36.4 Å². The maximum atomic E-state index is 13.5. The van der Waals surface area contributed by atoms with Crippen LogP contribution >= 0.6 is 0 Å². The van der Waals surface area contributed by atoms with Crippen LogP contribution in [0.15, 0.2) is 30.6 Å². The topological polar surface area (TPSA) is 48.3 Å². The fraction of sp³-hybridized carbons (Fsp3) is 0.400. The van der Waals surface area contributed by atoms with Crippen molar-refractivity contribution in [1.29, 1.82) is 0 Å². The number of hydrogen-bond acceptors (Lipinski definition) is 4. The third kappa shape index (κ3) is 3.95. The molecule has 2 rings (SSSR count). The van der Waals surface area contributed by atoms with Gasteiger partial charge < -0.3 is 14.8 Å². The number of anilines is 1. The lowest BCUT2D eigenvalue weighted by Gasteiger charge is -2.11. The van der Waals surface area contributed by atoms with E-state index in [1.54, 1.807) is 18.3 Å². The minimum absolute atomic E-state index is 0.212. The Bertz CT molecular complexity index is 572. The number of nitrogens with zero attached hydrogens (tertiary/aromatic N) is 2. The van der Waals surface area contributed by atoms with Crippen LogP contribution < -0.4 is 10.1 Å². The molecule has 0 atom stereocenters. The molecule has 1 aromatic heterocycles. The zero-order chi connectivity index (χ0) is 15.1. The van der Waals surface area contributed by atoms with E-state index in [0.29, 0.717) is 12.6 Å². The van der Waals surface area contributed by atoms with Crippen LogP contribution in [0.5, 0.6) is 5.75 Å². The van der Waals surface area contributed by atoms with E-state index in [1.165, 1.54) is 13.2 Å². The maximum Gasteiger partial charge on any atom is 0.207 e. The van der Waals surface area contributed by atoms with Crippen LogP contribution in [0.1, 0.15) is 13.3 Å². The largest absolute Gasteiger partial charge is 0.494 e. The van der Waals surface area contributed by atoms with Gasteiger partial charge in [0, 0.05) is 38.2 Å². The molecule has 0 unspecified atom stereocenters. The van der Waals surface area contributed by atoms with Gasteiger partial charge in [-0.1, -0.05) is 0 Å². The number of ether oxygens (including phenoxy) is 2. The second-order valence-electron chi connectivity index (χ2n) is 4.42. The van der Waals surface area contributed by atoms with Gasteiger partial charge in [0.05, 0.1) is 12.8 Å². The lowest BCUT2D eigenvalue weighted by Crippen LogP contribution is -2.10. The molecule has 0 spiro atoms. The van der Waals surface area contributed by atoms with Crippen molar-refractivity contribution in [2.45, 2.75) is 13.3 Å². The Morgan fingerprint density at radius 3 is 3.00 bits per heavy atom. The van der Waals surface area contributed by atoms with Gasteiger partial charge in [0.2, 0.25) is 5.95 Å². The summed E-state index contributed by atoms with van der Waals surface area (Å²) in [5.41, 5.74) is 0.790. The Morgan fingerprint density at radius 1 is 1.38 bits per heavy atom. The number of rotatable bonds is 8. The van der Waals surface area contributed by atoms with Crippen molar-refractivity contribution in [3.63, 3.8) is 0 Å². The van der Waals surface area contributed by atoms with E-state index in [4.69, 9.17) is 9.47 Å². The Kier molecular flexibility index (Phi) is 5.57. The molecule has 0 aliphatic rings. The lowest BCUT2D eigenvalue weighted by atomic mass is 10.3. The van der Waals surface area contributed by atoms with Gasteiger partial charge >= 0.3 is 0 Å². The average Bonchev–Trinajstić information content (AvgIpc) is 2.96. The molecule has 1 N–H and O–H groups in total. The van der Waals surface area contributed by atoms with Crippen LogP contribution in [-0.4, -0.2) is 36.4 Å². The zero-order valence-electron chi connectivity index (χ0n) is 12.3. The molecule has 1 aromatic carbocycles. The molecule has 114 valence electrons. The number of methoxy groups -OCH3 is 1.